The topological polar surface area (TPSA) is 112 Å². The fourth-order valence-corrected chi connectivity index (χ4v) is 6.31. The highest BCUT2D eigenvalue weighted by Crippen LogP contribution is 2.44. The highest BCUT2D eigenvalue weighted by atomic mass is 35.5. The second-order valence-corrected chi connectivity index (χ2v) is 10.5. The smallest absolute Gasteiger partial charge is 0.250 e. The molecule has 2 saturated heterocycles. The third-order valence-corrected chi connectivity index (χ3v) is 8.91. The first-order valence-electron chi connectivity index (χ1n) is 10.7. The fourth-order valence-electron chi connectivity index (χ4n) is 4.78. The zero-order chi connectivity index (χ0) is 23.3. The van der Waals surface area contributed by atoms with E-state index in [1.54, 1.807) is 22.7 Å². The van der Waals surface area contributed by atoms with E-state index in [1.165, 1.54) is 18.1 Å². The summed E-state index contributed by atoms with van der Waals surface area (Å²) < 4.78 is 7.59. The number of amides is 1. The number of nitrogens with zero attached hydrogens (tertiary/aromatic N) is 4. The van der Waals surface area contributed by atoms with Crippen LogP contribution in [0.15, 0.2) is 40.4 Å². The van der Waals surface area contributed by atoms with Crippen molar-refractivity contribution in [3.05, 3.63) is 46.2 Å². The second-order valence-electron chi connectivity index (χ2n) is 8.65. The van der Waals surface area contributed by atoms with Crippen LogP contribution in [0.4, 0.5) is 5.82 Å². The zero-order valence-electron chi connectivity index (χ0n) is 18.0. The normalized spacial score (nSPS) is 22.4. The van der Waals surface area contributed by atoms with Crippen LogP contribution in [0, 0.1) is 5.41 Å². The molecule has 0 saturated carbocycles. The number of fused-ring (bicyclic) bond motifs is 1. The molecule has 174 valence electrons. The lowest BCUT2D eigenvalue weighted by Gasteiger charge is -2.42. The summed E-state index contributed by atoms with van der Waals surface area (Å²) in [6, 6.07) is 7.16. The summed E-state index contributed by atoms with van der Waals surface area (Å²) in [7, 11) is 0. The van der Waals surface area contributed by atoms with Crippen molar-refractivity contribution in [1.82, 2.24) is 14.6 Å². The Morgan fingerprint density at radius 1 is 1.30 bits per heavy atom. The Balaban J connectivity index is 1.52. The Bertz CT molecular complexity index is 1230. The molecule has 4 N–H and O–H groups in total. The van der Waals surface area contributed by atoms with E-state index >= 15 is 0 Å². The van der Waals surface area contributed by atoms with E-state index in [0.717, 1.165) is 31.7 Å². The highest BCUT2D eigenvalue weighted by Gasteiger charge is 2.47. The quantitative estimate of drug-likeness (QED) is 0.555. The molecule has 0 radical (unpaired) electrons. The van der Waals surface area contributed by atoms with Crippen molar-refractivity contribution in [1.29, 1.82) is 0 Å². The van der Waals surface area contributed by atoms with Gasteiger partial charge in [0.15, 0.2) is 5.65 Å². The van der Waals surface area contributed by atoms with Gasteiger partial charge in [0, 0.05) is 29.4 Å². The van der Waals surface area contributed by atoms with Gasteiger partial charge in [0.25, 0.3) is 0 Å². The molecule has 2 aliphatic rings. The molecule has 1 spiro atoms. The number of ether oxygens (including phenoxy) is 1. The van der Waals surface area contributed by atoms with Gasteiger partial charge in [-0.25, -0.2) is 4.98 Å². The predicted molar refractivity (Wildman–Crippen MR) is 129 cm³/mol. The monoisotopic (exact) mass is 506 g/mol. The second kappa shape index (κ2) is 8.63. The van der Waals surface area contributed by atoms with Gasteiger partial charge in [0.1, 0.15) is 12.1 Å². The van der Waals surface area contributed by atoms with Gasteiger partial charge < -0.3 is 21.1 Å². The lowest BCUT2D eigenvalue weighted by atomic mass is 9.73. The molecule has 0 bridgehead atoms. The molecule has 2 aromatic heterocycles. The van der Waals surface area contributed by atoms with Crippen molar-refractivity contribution in [2.45, 2.75) is 41.7 Å². The number of anilines is 1. The summed E-state index contributed by atoms with van der Waals surface area (Å²) in [5, 5.41) is 5.28. The molecule has 1 aromatic carbocycles. The van der Waals surface area contributed by atoms with Crippen LogP contribution >= 0.6 is 35.0 Å². The highest BCUT2D eigenvalue weighted by molar-refractivity contribution is 7.99. The molecule has 2 atom stereocenters. The summed E-state index contributed by atoms with van der Waals surface area (Å²) in [6.07, 6.45) is 3.33. The van der Waals surface area contributed by atoms with Crippen LogP contribution in [0.3, 0.4) is 0 Å². The van der Waals surface area contributed by atoms with Crippen molar-refractivity contribution in [3.8, 4) is 0 Å². The van der Waals surface area contributed by atoms with Crippen LogP contribution in [0.25, 0.3) is 5.65 Å². The molecule has 33 heavy (non-hydrogen) atoms. The number of carbonyl (C=O) groups is 1. The van der Waals surface area contributed by atoms with Gasteiger partial charge in [0.2, 0.25) is 5.91 Å². The van der Waals surface area contributed by atoms with Crippen LogP contribution in [-0.2, 0) is 4.74 Å². The maximum Gasteiger partial charge on any atom is 0.250 e. The third-order valence-electron chi connectivity index (χ3n) is 6.81. The third kappa shape index (κ3) is 3.85. The maximum atomic E-state index is 12.5. The standard InChI is InChI=1S/C22H24Cl2N6O2S/c1-12-19(25)22(10-32-12)5-7-29(8-6-22)16-9-13(20(26)31)18(21-27-11-28-30(16)21)33-15-4-2-3-14(23)17(15)24/h2-4,9,11-12,19H,5-8,10,25H2,1H3,(H2,26,31)/t12-,19+/m0/s1. The number of primary amides is 1. The van der Waals surface area contributed by atoms with Crippen molar-refractivity contribution in [2.75, 3.05) is 24.6 Å². The Labute approximate surface area is 205 Å². The lowest BCUT2D eigenvalue weighted by Crippen LogP contribution is -2.51. The molecule has 5 rings (SSSR count). The van der Waals surface area contributed by atoms with E-state index in [2.05, 4.69) is 15.0 Å². The first kappa shape index (κ1) is 22.7. The van der Waals surface area contributed by atoms with E-state index in [4.69, 9.17) is 39.4 Å². The predicted octanol–water partition coefficient (Wildman–Crippen LogP) is 3.62. The van der Waals surface area contributed by atoms with Gasteiger partial charge in [-0.3, -0.25) is 4.79 Å². The van der Waals surface area contributed by atoms with Crippen molar-refractivity contribution in [3.63, 3.8) is 0 Å². The molecule has 3 aromatic rings. The molecule has 4 heterocycles. The number of hydrogen-bond donors (Lipinski definition) is 2. The molecule has 1 amide bonds. The molecule has 8 nitrogen and oxygen atoms in total. The minimum absolute atomic E-state index is 0.0109. The van der Waals surface area contributed by atoms with Crippen molar-refractivity contribution >= 4 is 52.3 Å². The van der Waals surface area contributed by atoms with Crippen LogP contribution in [0.5, 0.6) is 0 Å². The summed E-state index contributed by atoms with van der Waals surface area (Å²) >= 11 is 13.9. The summed E-state index contributed by atoms with van der Waals surface area (Å²) in [4.78, 5) is 20.4. The van der Waals surface area contributed by atoms with Gasteiger partial charge >= 0.3 is 0 Å². The van der Waals surface area contributed by atoms with Gasteiger partial charge in [-0.15, -0.1) is 0 Å². The van der Waals surface area contributed by atoms with Crippen LogP contribution < -0.4 is 16.4 Å². The number of carbonyl (C=O) groups excluding carboxylic acids is 1. The van der Waals surface area contributed by atoms with Crippen molar-refractivity contribution in [2.24, 2.45) is 16.9 Å². The number of hydrogen-bond acceptors (Lipinski definition) is 7. The minimum atomic E-state index is -0.545. The first-order chi connectivity index (χ1) is 15.8. The Morgan fingerprint density at radius 3 is 2.73 bits per heavy atom. The molecule has 2 fully saturated rings. The average Bonchev–Trinajstić information content (AvgIpc) is 3.39. The number of aromatic nitrogens is 3. The van der Waals surface area contributed by atoms with E-state index in [1.807, 2.05) is 13.0 Å². The van der Waals surface area contributed by atoms with Crippen LogP contribution in [0.2, 0.25) is 10.0 Å². The van der Waals surface area contributed by atoms with Gasteiger partial charge in [0.05, 0.1) is 33.2 Å². The molecular weight excluding hydrogens is 483 g/mol. The number of piperidine rings is 1. The Kier molecular flexibility index (Phi) is 5.95. The van der Waals surface area contributed by atoms with E-state index in [0.29, 0.717) is 37.7 Å². The number of pyridine rings is 1. The van der Waals surface area contributed by atoms with E-state index in [-0.39, 0.29) is 17.6 Å². The Morgan fingerprint density at radius 2 is 2.06 bits per heavy atom. The summed E-state index contributed by atoms with van der Waals surface area (Å²) in [6.45, 7) is 4.25. The van der Waals surface area contributed by atoms with Gasteiger partial charge in [-0.05, 0) is 38.0 Å². The van der Waals surface area contributed by atoms with Crippen LogP contribution in [0.1, 0.15) is 30.1 Å². The zero-order valence-corrected chi connectivity index (χ0v) is 20.3. The van der Waals surface area contributed by atoms with E-state index in [9.17, 15) is 4.79 Å². The summed E-state index contributed by atoms with van der Waals surface area (Å²) in [5.74, 6) is 0.226. The minimum Gasteiger partial charge on any atom is -0.376 e. The molecule has 0 unspecified atom stereocenters. The largest absolute Gasteiger partial charge is 0.376 e. The number of halogens is 2. The number of nitrogens with two attached hydrogens (primary N) is 2. The van der Waals surface area contributed by atoms with Gasteiger partial charge in [-0.2, -0.15) is 9.61 Å². The lowest BCUT2D eigenvalue weighted by molar-refractivity contribution is 0.0974. The SMILES string of the molecule is C[C@@H]1OCC2(CCN(c3cc(C(N)=O)c(Sc4cccc(Cl)c4Cl)c4ncnn34)CC2)[C@@H]1N. The van der Waals surface area contributed by atoms with Crippen molar-refractivity contribution < 1.29 is 9.53 Å². The Hall–Kier alpha value is -2.04. The van der Waals surface area contributed by atoms with Gasteiger partial charge in [-0.1, -0.05) is 41.0 Å². The fraction of sp³-hybridized carbons (Fsp3) is 0.409. The number of benzene rings is 1. The molecule has 11 heteroatoms. The number of rotatable bonds is 4. The van der Waals surface area contributed by atoms with Crippen LogP contribution in [-0.4, -0.2) is 52.3 Å². The first-order valence-corrected chi connectivity index (χ1v) is 12.3. The molecular formula is C22H24Cl2N6O2S. The average molecular weight is 507 g/mol. The van der Waals surface area contributed by atoms with E-state index < -0.39 is 5.91 Å². The molecule has 0 aliphatic carbocycles. The molecule has 2 aliphatic heterocycles. The summed E-state index contributed by atoms with van der Waals surface area (Å²) in [5.41, 5.74) is 13.2. The maximum absolute atomic E-state index is 12.5.